The number of hydrogen-bond acceptors (Lipinski definition) is 4. The number of ether oxygens (including phenoxy) is 1. The van der Waals surface area contributed by atoms with Gasteiger partial charge in [0.15, 0.2) is 0 Å². The maximum Gasteiger partial charge on any atom is 0.128 e. The van der Waals surface area contributed by atoms with E-state index >= 15 is 0 Å². The first kappa shape index (κ1) is 14.2. The summed E-state index contributed by atoms with van der Waals surface area (Å²) in [5.74, 6) is 0.409. The quantitative estimate of drug-likeness (QED) is 0.841. The normalized spacial score (nSPS) is 18.3. The lowest BCUT2D eigenvalue weighted by molar-refractivity contribution is 0.138. The molecule has 0 radical (unpaired) electrons. The van der Waals surface area contributed by atoms with Gasteiger partial charge in [0.05, 0.1) is 7.11 Å². The Kier molecular flexibility index (Phi) is 5.13. The van der Waals surface area contributed by atoms with Crippen molar-refractivity contribution in [2.24, 2.45) is 0 Å². The molecular formula is C14H21FN2O2. The van der Waals surface area contributed by atoms with Crippen LogP contribution in [-0.2, 0) is 0 Å². The molecule has 0 aromatic heterocycles. The summed E-state index contributed by atoms with van der Waals surface area (Å²) in [6, 6.07) is 4.69. The van der Waals surface area contributed by atoms with Gasteiger partial charge >= 0.3 is 0 Å². The van der Waals surface area contributed by atoms with Crippen molar-refractivity contribution in [2.75, 3.05) is 39.9 Å². The lowest BCUT2D eigenvalue weighted by Crippen LogP contribution is -2.45. The summed E-state index contributed by atoms with van der Waals surface area (Å²) in [6.45, 7) is 3.56. The van der Waals surface area contributed by atoms with E-state index in [0.29, 0.717) is 17.7 Å². The van der Waals surface area contributed by atoms with Crippen LogP contribution < -0.4 is 10.1 Å². The molecule has 0 bridgehead atoms. The van der Waals surface area contributed by atoms with Crippen LogP contribution in [0.2, 0.25) is 0 Å². The molecule has 1 aliphatic heterocycles. The molecule has 2 rings (SSSR count). The summed E-state index contributed by atoms with van der Waals surface area (Å²) < 4.78 is 19.2. The highest BCUT2D eigenvalue weighted by Crippen LogP contribution is 2.29. The number of piperazine rings is 1. The maximum absolute atomic E-state index is 14.1. The number of aliphatic hydroxyl groups excluding tert-OH is 1. The summed E-state index contributed by atoms with van der Waals surface area (Å²) in [5, 5.41) is 12.5. The fourth-order valence-electron chi connectivity index (χ4n) is 2.56. The van der Waals surface area contributed by atoms with Gasteiger partial charge in [-0.3, -0.25) is 4.90 Å². The van der Waals surface area contributed by atoms with Gasteiger partial charge in [0.2, 0.25) is 0 Å². The summed E-state index contributed by atoms with van der Waals surface area (Å²) >= 11 is 0. The monoisotopic (exact) mass is 268 g/mol. The van der Waals surface area contributed by atoms with E-state index in [4.69, 9.17) is 4.74 Å². The molecule has 2 N–H and O–H groups in total. The van der Waals surface area contributed by atoms with Gasteiger partial charge < -0.3 is 15.2 Å². The number of rotatable bonds is 5. The minimum atomic E-state index is -0.238. The van der Waals surface area contributed by atoms with E-state index in [-0.39, 0.29) is 18.5 Å². The van der Waals surface area contributed by atoms with Crippen LogP contribution in [0.3, 0.4) is 0 Å². The van der Waals surface area contributed by atoms with Gasteiger partial charge in [-0.1, -0.05) is 0 Å². The van der Waals surface area contributed by atoms with Crippen LogP contribution in [0.4, 0.5) is 4.39 Å². The van der Waals surface area contributed by atoms with Crippen molar-refractivity contribution < 1.29 is 14.2 Å². The minimum Gasteiger partial charge on any atom is -0.497 e. The molecule has 19 heavy (non-hydrogen) atoms. The second-order valence-corrected chi connectivity index (χ2v) is 4.70. The Hall–Kier alpha value is -1.17. The van der Waals surface area contributed by atoms with E-state index in [1.165, 1.54) is 6.07 Å². The van der Waals surface area contributed by atoms with Crippen LogP contribution in [0, 0.1) is 5.82 Å². The van der Waals surface area contributed by atoms with Crippen LogP contribution in [0.5, 0.6) is 5.75 Å². The molecule has 0 unspecified atom stereocenters. The van der Waals surface area contributed by atoms with Crippen LogP contribution in [0.25, 0.3) is 0 Å². The molecule has 1 fully saturated rings. The number of nitrogens with one attached hydrogen (secondary N) is 1. The van der Waals surface area contributed by atoms with Gasteiger partial charge in [-0.15, -0.1) is 0 Å². The zero-order chi connectivity index (χ0) is 13.7. The SMILES string of the molecule is COc1ccc(F)c([C@@H](CCO)N2CCNCC2)c1. The Morgan fingerprint density at radius 3 is 2.79 bits per heavy atom. The third-order valence-corrected chi connectivity index (χ3v) is 3.56. The topological polar surface area (TPSA) is 44.7 Å². The summed E-state index contributed by atoms with van der Waals surface area (Å²) in [7, 11) is 1.57. The molecule has 4 nitrogen and oxygen atoms in total. The molecule has 5 heteroatoms. The van der Waals surface area contributed by atoms with Crippen molar-refractivity contribution in [3.8, 4) is 5.75 Å². The average Bonchev–Trinajstić information content (AvgIpc) is 2.47. The van der Waals surface area contributed by atoms with Crippen molar-refractivity contribution in [3.05, 3.63) is 29.6 Å². The number of nitrogens with zero attached hydrogens (tertiary/aromatic N) is 1. The van der Waals surface area contributed by atoms with E-state index < -0.39 is 0 Å². The lowest BCUT2D eigenvalue weighted by Gasteiger charge is -2.35. The van der Waals surface area contributed by atoms with Crippen LogP contribution in [-0.4, -0.2) is 49.9 Å². The molecule has 0 amide bonds. The molecule has 106 valence electrons. The number of halogens is 1. The van der Waals surface area contributed by atoms with Crippen molar-refractivity contribution in [2.45, 2.75) is 12.5 Å². The Labute approximate surface area is 113 Å². The van der Waals surface area contributed by atoms with Crippen molar-refractivity contribution in [3.63, 3.8) is 0 Å². The molecule has 1 saturated heterocycles. The number of hydrogen-bond donors (Lipinski definition) is 2. The molecule has 1 aromatic rings. The predicted molar refractivity (Wildman–Crippen MR) is 71.8 cm³/mol. The van der Waals surface area contributed by atoms with Crippen LogP contribution in [0.15, 0.2) is 18.2 Å². The zero-order valence-electron chi connectivity index (χ0n) is 11.2. The fourth-order valence-corrected chi connectivity index (χ4v) is 2.56. The highest BCUT2D eigenvalue weighted by Gasteiger charge is 2.24. The smallest absolute Gasteiger partial charge is 0.128 e. The lowest BCUT2D eigenvalue weighted by atomic mass is 10.0. The minimum absolute atomic E-state index is 0.0469. The highest BCUT2D eigenvalue weighted by atomic mass is 19.1. The third-order valence-electron chi connectivity index (χ3n) is 3.56. The fraction of sp³-hybridized carbons (Fsp3) is 0.571. The van der Waals surface area contributed by atoms with Crippen LogP contribution >= 0.6 is 0 Å². The van der Waals surface area contributed by atoms with Gasteiger partial charge in [-0.05, 0) is 24.6 Å². The molecule has 1 atom stereocenters. The molecule has 0 saturated carbocycles. The second-order valence-electron chi connectivity index (χ2n) is 4.70. The van der Waals surface area contributed by atoms with E-state index in [1.807, 2.05) is 0 Å². The maximum atomic E-state index is 14.1. The van der Waals surface area contributed by atoms with Gasteiger partial charge in [0.1, 0.15) is 11.6 Å². The first-order valence-electron chi connectivity index (χ1n) is 6.65. The summed E-state index contributed by atoms with van der Waals surface area (Å²) in [6.07, 6.45) is 0.532. The summed E-state index contributed by atoms with van der Waals surface area (Å²) in [4.78, 5) is 2.21. The van der Waals surface area contributed by atoms with Gasteiger partial charge in [-0.2, -0.15) is 0 Å². The van der Waals surface area contributed by atoms with E-state index in [2.05, 4.69) is 10.2 Å². The predicted octanol–water partition coefficient (Wildman–Crippen LogP) is 1.16. The Bertz CT molecular complexity index is 408. The molecule has 1 heterocycles. The molecular weight excluding hydrogens is 247 g/mol. The molecule has 1 aliphatic rings. The summed E-state index contributed by atoms with van der Waals surface area (Å²) in [5.41, 5.74) is 0.607. The van der Waals surface area contributed by atoms with Gasteiger partial charge in [0.25, 0.3) is 0 Å². The highest BCUT2D eigenvalue weighted by molar-refractivity contribution is 5.32. The molecule has 0 aliphatic carbocycles. The first-order chi connectivity index (χ1) is 9.26. The number of benzene rings is 1. The Morgan fingerprint density at radius 2 is 2.16 bits per heavy atom. The number of methoxy groups -OCH3 is 1. The number of aliphatic hydroxyl groups is 1. The average molecular weight is 268 g/mol. The first-order valence-corrected chi connectivity index (χ1v) is 6.65. The standard InChI is InChI=1S/C14H21FN2O2/c1-19-11-2-3-13(15)12(10-11)14(4-9-18)17-7-5-16-6-8-17/h2-3,10,14,16,18H,4-9H2,1H3/t14-/m1/s1. The molecule has 0 spiro atoms. The Morgan fingerprint density at radius 1 is 1.42 bits per heavy atom. The van der Waals surface area contributed by atoms with Crippen molar-refractivity contribution >= 4 is 0 Å². The van der Waals surface area contributed by atoms with E-state index in [9.17, 15) is 9.50 Å². The largest absolute Gasteiger partial charge is 0.497 e. The third kappa shape index (κ3) is 3.43. The second kappa shape index (κ2) is 6.84. The van der Waals surface area contributed by atoms with Crippen molar-refractivity contribution in [1.29, 1.82) is 0 Å². The van der Waals surface area contributed by atoms with E-state index in [0.717, 1.165) is 26.2 Å². The van der Waals surface area contributed by atoms with Crippen LogP contribution in [0.1, 0.15) is 18.0 Å². The van der Waals surface area contributed by atoms with E-state index in [1.54, 1.807) is 19.2 Å². The van der Waals surface area contributed by atoms with Gasteiger partial charge in [-0.25, -0.2) is 4.39 Å². The zero-order valence-corrected chi connectivity index (χ0v) is 11.2. The molecule has 1 aromatic carbocycles. The Balaban J connectivity index is 2.26. The van der Waals surface area contributed by atoms with Gasteiger partial charge in [0, 0.05) is 44.4 Å². The van der Waals surface area contributed by atoms with Crippen molar-refractivity contribution in [1.82, 2.24) is 10.2 Å².